The molecule has 1 unspecified atom stereocenters. The van der Waals surface area contributed by atoms with Crippen molar-refractivity contribution in [3.63, 3.8) is 0 Å². The van der Waals surface area contributed by atoms with Crippen LogP contribution in [0.25, 0.3) is 0 Å². The first-order valence-electron chi connectivity index (χ1n) is 11.2. The first kappa shape index (κ1) is 24.5. The quantitative estimate of drug-likeness (QED) is 0.433. The van der Waals surface area contributed by atoms with Gasteiger partial charge in [0.15, 0.2) is 0 Å². The third-order valence-corrected chi connectivity index (χ3v) is 5.90. The van der Waals surface area contributed by atoms with Gasteiger partial charge in [0.05, 0.1) is 24.0 Å². The van der Waals surface area contributed by atoms with Crippen molar-refractivity contribution >= 4 is 17.0 Å². The molecule has 0 saturated carbocycles. The minimum Gasteiger partial charge on any atom is -0.383 e. The molecule has 0 spiro atoms. The van der Waals surface area contributed by atoms with Crippen LogP contribution in [0.15, 0.2) is 67.0 Å². The summed E-state index contributed by atoms with van der Waals surface area (Å²) in [4.78, 5) is 11.5. The summed E-state index contributed by atoms with van der Waals surface area (Å²) < 4.78 is 5.31. The molecule has 1 N–H and O–H groups in total. The normalized spacial score (nSPS) is 15.2. The number of halogens is 1. The Bertz CT molecular complexity index is 936. The van der Waals surface area contributed by atoms with Gasteiger partial charge < -0.3 is 10.1 Å². The van der Waals surface area contributed by atoms with Crippen LogP contribution in [0.5, 0.6) is 0 Å². The Kier molecular flexibility index (Phi) is 9.81. The first-order valence-corrected chi connectivity index (χ1v) is 11.2. The molecule has 1 atom stereocenters. The van der Waals surface area contributed by atoms with E-state index in [-0.39, 0.29) is 17.0 Å². The van der Waals surface area contributed by atoms with Crippen LogP contribution in [-0.2, 0) is 30.8 Å². The van der Waals surface area contributed by atoms with E-state index in [1.165, 1.54) is 28.8 Å². The van der Waals surface area contributed by atoms with Gasteiger partial charge in [-0.15, -0.1) is 17.0 Å². The maximum atomic E-state index is 5.31. The van der Waals surface area contributed by atoms with Crippen LogP contribution in [0.1, 0.15) is 47.0 Å². The molecule has 5 nitrogen and oxygen atoms in total. The van der Waals surface area contributed by atoms with E-state index in [1.807, 2.05) is 30.6 Å². The lowest BCUT2D eigenvalue weighted by Crippen LogP contribution is -2.27. The fraction of sp³-hybridized carbons (Fsp3) is 0.385. The average molecular weight is 497 g/mol. The number of pyridine rings is 2. The minimum atomic E-state index is 0. The summed E-state index contributed by atoms with van der Waals surface area (Å²) in [6.07, 6.45) is 7.29. The molecule has 0 fully saturated rings. The van der Waals surface area contributed by atoms with E-state index >= 15 is 0 Å². The molecule has 6 heteroatoms. The molecule has 1 aromatic carbocycles. The van der Waals surface area contributed by atoms with Gasteiger partial charge in [-0.1, -0.05) is 36.4 Å². The maximum Gasteiger partial charge on any atom is 0.0605 e. The van der Waals surface area contributed by atoms with Crippen molar-refractivity contribution in [1.82, 2.24) is 20.2 Å². The van der Waals surface area contributed by atoms with Crippen LogP contribution < -0.4 is 5.32 Å². The number of hydrogen-bond donors (Lipinski definition) is 1. The van der Waals surface area contributed by atoms with Gasteiger partial charge in [-0.3, -0.25) is 14.9 Å². The second kappa shape index (κ2) is 12.8. The monoisotopic (exact) mass is 496 g/mol. The molecule has 1 aliphatic carbocycles. The Hall–Kier alpha value is -2.12. The van der Waals surface area contributed by atoms with Crippen molar-refractivity contribution in [3.05, 3.63) is 95.1 Å². The number of nitrogens with one attached hydrogen (secondary N) is 1. The molecule has 3 aromatic rings. The maximum absolute atomic E-state index is 5.31. The van der Waals surface area contributed by atoms with E-state index in [2.05, 4.69) is 56.6 Å². The molecule has 0 saturated heterocycles. The fourth-order valence-electron chi connectivity index (χ4n) is 4.23. The third-order valence-electron chi connectivity index (χ3n) is 5.90. The van der Waals surface area contributed by atoms with Crippen LogP contribution in [0.2, 0.25) is 0 Å². The van der Waals surface area contributed by atoms with Crippen LogP contribution in [0.3, 0.4) is 0 Å². The number of nitrogens with zero attached hydrogens (tertiary/aromatic N) is 3. The lowest BCUT2D eigenvalue weighted by atomic mass is 9.92. The predicted molar refractivity (Wildman–Crippen MR) is 134 cm³/mol. The Balaban J connectivity index is 0.00000289. The lowest BCUT2D eigenvalue weighted by molar-refractivity contribution is 0.139. The van der Waals surface area contributed by atoms with Gasteiger partial charge in [0.25, 0.3) is 0 Å². The topological polar surface area (TPSA) is 50.3 Å². The van der Waals surface area contributed by atoms with Crippen molar-refractivity contribution in [1.29, 1.82) is 0 Å². The number of benzene rings is 1. The van der Waals surface area contributed by atoms with Crippen molar-refractivity contribution < 1.29 is 4.74 Å². The van der Waals surface area contributed by atoms with Crippen molar-refractivity contribution in [2.45, 2.75) is 44.9 Å². The summed E-state index contributed by atoms with van der Waals surface area (Å²) in [5.74, 6) is 0. The summed E-state index contributed by atoms with van der Waals surface area (Å²) in [7, 11) is 1.75. The van der Waals surface area contributed by atoms with E-state index in [1.54, 1.807) is 7.11 Å². The molecule has 1 aliphatic rings. The predicted octanol–water partition coefficient (Wildman–Crippen LogP) is 4.87. The summed E-state index contributed by atoms with van der Waals surface area (Å²) in [6, 6.07) is 19.6. The van der Waals surface area contributed by atoms with E-state index in [9.17, 15) is 0 Å². The smallest absolute Gasteiger partial charge is 0.0605 e. The van der Waals surface area contributed by atoms with E-state index in [0.717, 1.165) is 44.7 Å². The van der Waals surface area contributed by atoms with Crippen molar-refractivity contribution in [3.8, 4) is 0 Å². The third kappa shape index (κ3) is 6.94. The zero-order valence-electron chi connectivity index (χ0n) is 18.7. The zero-order valence-corrected chi connectivity index (χ0v) is 20.5. The van der Waals surface area contributed by atoms with Gasteiger partial charge >= 0.3 is 0 Å². The molecule has 0 aliphatic heterocycles. The first-order chi connectivity index (χ1) is 15.3. The van der Waals surface area contributed by atoms with Gasteiger partial charge in [-0.05, 0) is 54.2 Å². The molecule has 2 heterocycles. The standard InChI is InChI=1S/C26H32N4O.BrH/c1-31-17-16-30(20-24-8-2-3-14-27-24)19-22-12-10-21(11-13-22)18-29-25-9-4-6-23-7-5-15-28-26(23)25;/h2-3,5,7-8,10-15,25,29H,4,6,9,16-20H2,1H3;1H. The summed E-state index contributed by atoms with van der Waals surface area (Å²) in [6.45, 7) is 4.16. The van der Waals surface area contributed by atoms with Crippen molar-refractivity contribution in [2.24, 2.45) is 0 Å². The highest BCUT2D eigenvalue weighted by atomic mass is 79.9. The van der Waals surface area contributed by atoms with Gasteiger partial charge in [0.1, 0.15) is 0 Å². The van der Waals surface area contributed by atoms with Crippen molar-refractivity contribution in [2.75, 3.05) is 20.3 Å². The second-order valence-electron chi connectivity index (χ2n) is 8.21. The number of rotatable bonds is 10. The highest BCUT2D eigenvalue weighted by Gasteiger charge is 2.20. The van der Waals surface area contributed by atoms with Gasteiger partial charge in [0.2, 0.25) is 0 Å². The average Bonchev–Trinajstić information content (AvgIpc) is 2.83. The van der Waals surface area contributed by atoms with Crippen LogP contribution in [0.4, 0.5) is 0 Å². The summed E-state index contributed by atoms with van der Waals surface area (Å²) >= 11 is 0. The van der Waals surface area contributed by atoms with Crippen LogP contribution in [0, 0.1) is 0 Å². The number of fused-ring (bicyclic) bond motifs is 1. The Morgan fingerprint density at radius 2 is 1.78 bits per heavy atom. The molecule has 0 radical (unpaired) electrons. The summed E-state index contributed by atoms with van der Waals surface area (Å²) in [5.41, 5.74) is 6.32. The molecular formula is C26H33BrN4O. The number of methoxy groups -OCH3 is 1. The Labute approximate surface area is 202 Å². The zero-order chi connectivity index (χ0) is 21.3. The number of ether oxygens (including phenoxy) is 1. The molecular weight excluding hydrogens is 464 g/mol. The van der Waals surface area contributed by atoms with Gasteiger partial charge in [0, 0.05) is 45.7 Å². The Morgan fingerprint density at radius 1 is 0.969 bits per heavy atom. The second-order valence-corrected chi connectivity index (χ2v) is 8.21. The highest BCUT2D eigenvalue weighted by Crippen LogP contribution is 2.27. The van der Waals surface area contributed by atoms with E-state index < -0.39 is 0 Å². The molecule has 2 aromatic heterocycles. The van der Waals surface area contributed by atoms with Crippen LogP contribution >= 0.6 is 17.0 Å². The number of aromatic nitrogens is 2. The Morgan fingerprint density at radius 3 is 2.56 bits per heavy atom. The molecule has 0 amide bonds. The lowest BCUT2D eigenvalue weighted by Gasteiger charge is -2.25. The molecule has 4 rings (SSSR count). The van der Waals surface area contributed by atoms with E-state index in [4.69, 9.17) is 4.74 Å². The minimum absolute atomic E-state index is 0. The molecule has 0 bridgehead atoms. The molecule has 32 heavy (non-hydrogen) atoms. The van der Waals surface area contributed by atoms with Gasteiger partial charge in [-0.25, -0.2) is 0 Å². The van der Waals surface area contributed by atoms with E-state index in [0.29, 0.717) is 12.6 Å². The SMILES string of the molecule is Br.COCCN(Cc1ccc(CNC2CCCc3cccnc32)cc1)Cc1ccccn1. The molecule has 170 valence electrons. The highest BCUT2D eigenvalue weighted by molar-refractivity contribution is 8.93. The number of hydrogen-bond acceptors (Lipinski definition) is 5. The van der Waals surface area contributed by atoms with Crippen LogP contribution in [-0.4, -0.2) is 35.1 Å². The van der Waals surface area contributed by atoms with Gasteiger partial charge in [-0.2, -0.15) is 0 Å². The largest absolute Gasteiger partial charge is 0.383 e. The number of aryl methyl sites for hydroxylation is 1. The summed E-state index contributed by atoms with van der Waals surface area (Å²) in [5, 5.41) is 3.72. The fourth-order valence-corrected chi connectivity index (χ4v) is 4.23.